The van der Waals surface area contributed by atoms with E-state index in [0.717, 1.165) is 16.7 Å². The molecule has 0 aliphatic heterocycles. The van der Waals surface area contributed by atoms with E-state index in [9.17, 15) is 9.90 Å². The molecule has 0 aliphatic rings. The number of carbonyl (C=O) groups is 1. The molecule has 1 rings (SSSR count). The molecule has 0 saturated heterocycles. The predicted octanol–water partition coefficient (Wildman–Crippen LogP) is 3.45. The van der Waals surface area contributed by atoms with Crippen molar-refractivity contribution in [3.63, 3.8) is 0 Å². The van der Waals surface area contributed by atoms with Crippen molar-refractivity contribution >= 4 is 5.97 Å². The highest BCUT2D eigenvalue weighted by Gasteiger charge is 2.36. The van der Waals surface area contributed by atoms with Gasteiger partial charge in [-0.2, -0.15) is 0 Å². The number of carboxylic acid groups (broad SMARTS) is 1. The van der Waals surface area contributed by atoms with Gasteiger partial charge in [-0.1, -0.05) is 43.2 Å². The standard InChI is InChI=1S/C14H20O2/c1-5-14(6-2,13(15)16)12-8-10(3)7-11(4)9-12/h7-9H,5-6H2,1-4H3,(H,15,16). The molecule has 2 nitrogen and oxygen atoms in total. The van der Waals surface area contributed by atoms with E-state index in [1.807, 2.05) is 39.8 Å². The Bertz CT molecular complexity index is 369. The number of aliphatic carboxylic acids is 1. The van der Waals surface area contributed by atoms with E-state index in [1.54, 1.807) is 0 Å². The molecule has 0 saturated carbocycles. The lowest BCUT2D eigenvalue weighted by atomic mass is 9.75. The highest BCUT2D eigenvalue weighted by molar-refractivity contribution is 5.81. The van der Waals surface area contributed by atoms with Crippen molar-refractivity contribution in [2.45, 2.75) is 46.0 Å². The summed E-state index contributed by atoms with van der Waals surface area (Å²) < 4.78 is 0. The number of hydrogen-bond acceptors (Lipinski definition) is 1. The second-order valence-corrected chi connectivity index (χ2v) is 4.47. The number of hydrogen-bond donors (Lipinski definition) is 1. The third-order valence-electron chi connectivity index (χ3n) is 3.39. The Morgan fingerprint density at radius 3 is 1.88 bits per heavy atom. The second-order valence-electron chi connectivity index (χ2n) is 4.47. The van der Waals surface area contributed by atoms with Crippen LogP contribution in [0.4, 0.5) is 0 Å². The summed E-state index contributed by atoms with van der Waals surface area (Å²) in [7, 11) is 0. The van der Waals surface area contributed by atoms with Gasteiger partial charge >= 0.3 is 5.97 Å². The van der Waals surface area contributed by atoms with Crippen LogP contribution >= 0.6 is 0 Å². The van der Waals surface area contributed by atoms with Crippen molar-refractivity contribution in [1.82, 2.24) is 0 Å². The van der Waals surface area contributed by atoms with E-state index in [-0.39, 0.29) is 0 Å². The maximum atomic E-state index is 11.5. The van der Waals surface area contributed by atoms with E-state index in [0.29, 0.717) is 12.8 Å². The van der Waals surface area contributed by atoms with E-state index >= 15 is 0 Å². The van der Waals surface area contributed by atoms with Crippen LogP contribution in [0, 0.1) is 13.8 Å². The van der Waals surface area contributed by atoms with Crippen molar-refractivity contribution in [2.75, 3.05) is 0 Å². The van der Waals surface area contributed by atoms with Crippen LogP contribution < -0.4 is 0 Å². The minimum atomic E-state index is -0.725. The number of benzene rings is 1. The molecule has 0 radical (unpaired) electrons. The van der Waals surface area contributed by atoms with Gasteiger partial charge in [0.1, 0.15) is 0 Å². The fourth-order valence-corrected chi connectivity index (χ4v) is 2.34. The third kappa shape index (κ3) is 2.11. The fraction of sp³-hybridized carbons (Fsp3) is 0.500. The van der Waals surface area contributed by atoms with Gasteiger partial charge in [0.05, 0.1) is 5.41 Å². The first-order valence-corrected chi connectivity index (χ1v) is 5.78. The second kappa shape index (κ2) is 4.69. The van der Waals surface area contributed by atoms with Gasteiger partial charge in [0.15, 0.2) is 0 Å². The maximum Gasteiger partial charge on any atom is 0.314 e. The van der Waals surface area contributed by atoms with E-state index in [4.69, 9.17) is 0 Å². The first-order chi connectivity index (χ1) is 7.46. The highest BCUT2D eigenvalue weighted by Crippen LogP contribution is 2.33. The van der Waals surface area contributed by atoms with Crippen molar-refractivity contribution in [3.05, 3.63) is 34.9 Å². The lowest BCUT2D eigenvalue weighted by Gasteiger charge is -2.28. The van der Waals surface area contributed by atoms with Crippen LogP contribution in [0.2, 0.25) is 0 Å². The largest absolute Gasteiger partial charge is 0.481 e. The molecule has 2 heteroatoms. The molecule has 0 aliphatic carbocycles. The van der Waals surface area contributed by atoms with Crippen LogP contribution in [0.1, 0.15) is 43.4 Å². The molecular formula is C14H20O2. The van der Waals surface area contributed by atoms with Crippen molar-refractivity contribution < 1.29 is 9.90 Å². The van der Waals surface area contributed by atoms with E-state index in [2.05, 4.69) is 6.07 Å². The maximum absolute atomic E-state index is 11.5. The van der Waals surface area contributed by atoms with Gasteiger partial charge in [0.25, 0.3) is 0 Å². The molecular weight excluding hydrogens is 200 g/mol. The van der Waals surface area contributed by atoms with Crippen molar-refractivity contribution in [3.8, 4) is 0 Å². The Balaban J connectivity index is 3.36. The fourth-order valence-electron chi connectivity index (χ4n) is 2.34. The number of carboxylic acids is 1. The molecule has 0 bridgehead atoms. The van der Waals surface area contributed by atoms with Gasteiger partial charge < -0.3 is 5.11 Å². The van der Waals surface area contributed by atoms with Crippen LogP contribution in [0.25, 0.3) is 0 Å². The van der Waals surface area contributed by atoms with Crippen LogP contribution in [0.3, 0.4) is 0 Å². The summed E-state index contributed by atoms with van der Waals surface area (Å²) in [6.07, 6.45) is 1.25. The number of rotatable bonds is 4. The smallest absolute Gasteiger partial charge is 0.314 e. The molecule has 0 aromatic heterocycles. The molecule has 88 valence electrons. The summed E-state index contributed by atoms with van der Waals surface area (Å²) in [5, 5.41) is 9.46. The molecule has 0 spiro atoms. The molecule has 0 fully saturated rings. The van der Waals surface area contributed by atoms with Crippen molar-refractivity contribution in [1.29, 1.82) is 0 Å². The van der Waals surface area contributed by atoms with E-state index < -0.39 is 11.4 Å². The third-order valence-corrected chi connectivity index (χ3v) is 3.39. The monoisotopic (exact) mass is 220 g/mol. The van der Waals surface area contributed by atoms with Crippen molar-refractivity contribution in [2.24, 2.45) is 0 Å². The Morgan fingerprint density at radius 1 is 1.12 bits per heavy atom. The zero-order valence-corrected chi connectivity index (χ0v) is 10.5. The summed E-state index contributed by atoms with van der Waals surface area (Å²) in [6, 6.07) is 6.06. The Kier molecular flexibility index (Phi) is 3.74. The zero-order valence-electron chi connectivity index (χ0n) is 10.5. The molecule has 0 atom stereocenters. The summed E-state index contributed by atoms with van der Waals surface area (Å²) in [4.78, 5) is 11.5. The van der Waals surface area contributed by atoms with E-state index in [1.165, 1.54) is 0 Å². The normalized spacial score (nSPS) is 11.5. The summed E-state index contributed by atoms with van der Waals surface area (Å²) in [6.45, 7) is 7.90. The summed E-state index contributed by atoms with van der Waals surface area (Å²) in [5.74, 6) is -0.720. The Hall–Kier alpha value is -1.31. The van der Waals surface area contributed by atoms with Gasteiger partial charge in [-0.3, -0.25) is 4.79 Å². The average Bonchev–Trinajstić information content (AvgIpc) is 2.18. The van der Waals surface area contributed by atoms with Crippen LogP contribution in [0.5, 0.6) is 0 Å². The van der Waals surface area contributed by atoms with Gasteiger partial charge in [0, 0.05) is 0 Å². The van der Waals surface area contributed by atoms with Crippen LogP contribution in [0.15, 0.2) is 18.2 Å². The molecule has 1 aromatic carbocycles. The SMILES string of the molecule is CCC(CC)(C(=O)O)c1cc(C)cc(C)c1. The quantitative estimate of drug-likeness (QED) is 0.843. The molecule has 1 N–H and O–H groups in total. The summed E-state index contributed by atoms with van der Waals surface area (Å²) >= 11 is 0. The van der Waals surface area contributed by atoms with Gasteiger partial charge in [-0.05, 0) is 32.3 Å². The minimum absolute atomic E-state index is 0.627. The van der Waals surface area contributed by atoms with Crippen LogP contribution in [-0.4, -0.2) is 11.1 Å². The topological polar surface area (TPSA) is 37.3 Å². The Morgan fingerprint density at radius 2 is 1.56 bits per heavy atom. The van der Waals surface area contributed by atoms with Crippen LogP contribution in [-0.2, 0) is 10.2 Å². The molecule has 0 unspecified atom stereocenters. The first kappa shape index (κ1) is 12.8. The lowest BCUT2D eigenvalue weighted by molar-refractivity contribution is -0.144. The lowest BCUT2D eigenvalue weighted by Crippen LogP contribution is -2.34. The first-order valence-electron chi connectivity index (χ1n) is 5.78. The van der Waals surface area contributed by atoms with Gasteiger partial charge in [-0.25, -0.2) is 0 Å². The number of aryl methyl sites for hydroxylation is 2. The zero-order chi connectivity index (χ0) is 12.3. The highest BCUT2D eigenvalue weighted by atomic mass is 16.4. The minimum Gasteiger partial charge on any atom is -0.481 e. The molecule has 0 amide bonds. The summed E-state index contributed by atoms with van der Waals surface area (Å²) in [5.41, 5.74) is 2.46. The Labute approximate surface area is 97.3 Å². The predicted molar refractivity (Wildman–Crippen MR) is 65.8 cm³/mol. The van der Waals surface area contributed by atoms with Gasteiger partial charge in [-0.15, -0.1) is 0 Å². The molecule has 16 heavy (non-hydrogen) atoms. The van der Waals surface area contributed by atoms with Gasteiger partial charge in [0.2, 0.25) is 0 Å². The molecule has 0 heterocycles. The average molecular weight is 220 g/mol. The molecule has 1 aromatic rings.